The van der Waals surface area contributed by atoms with Crippen LogP contribution in [0, 0.1) is 0 Å². The number of carbonyl (C=O) groups excluding carboxylic acids is 1. The lowest BCUT2D eigenvalue weighted by atomic mass is 9.99. The number of urea groups is 1. The van der Waals surface area contributed by atoms with Crippen molar-refractivity contribution >= 4 is 11.7 Å². The van der Waals surface area contributed by atoms with Gasteiger partial charge in [0.2, 0.25) is 0 Å². The van der Waals surface area contributed by atoms with E-state index in [4.69, 9.17) is 9.47 Å². The van der Waals surface area contributed by atoms with Gasteiger partial charge < -0.3 is 30.1 Å². The number of ether oxygens (including phenoxy) is 2. The van der Waals surface area contributed by atoms with Crippen LogP contribution >= 0.6 is 0 Å². The van der Waals surface area contributed by atoms with Crippen molar-refractivity contribution in [2.45, 2.75) is 38.4 Å². The Kier molecular flexibility index (Phi) is 8.81. The lowest BCUT2D eigenvalue weighted by Gasteiger charge is -2.37. The molecule has 2 aromatic carbocycles. The van der Waals surface area contributed by atoms with E-state index in [9.17, 15) is 9.90 Å². The molecule has 1 heterocycles. The molecule has 0 saturated carbocycles. The molecule has 3 atom stereocenters. The van der Waals surface area contributed by atoms with Gasteiger partial charge in [-0.3, -0.25) is 0 Å². The fourth-order valence-corrected chi connectivity index (χ4v) is 3.77. The topological polar surface area (TPSA) is 83.1 Å². The average Bonchev–Trinajstić information content (AvgIpc) is 2.79. The Morgan fingerprint density at radius 2 is 2.00 bits per heavy atom. The van der Waals surface area contributed by atoms with Crippen molar-refractivity contribution in [2.75, 3.05) is 32.0 Å². The quantitative estimate of drug-likeness (QED) is 0.515. The first-order valence-corrected chi connectivity index (χ1v) is 11.0. The first kappa shape index (κ1) is 23.9. The number of carbonyl (C=O) groups is 1. The molecule has 0 spiro atoms. The van der Waals surface area contributed by atoms with Crippen molar-refractivity contribution in [3.05, 3.63) is 77.9 Å². The predicted octanol–water partition coefficient (Wildman–Crippen LogP) is 3.98. The van der Waals surface area contributed by atoms with E-state index in [-0.39, 0.29) is 24.8 Å². The molecule has 1 aliphatic rings. The minimum atomic E-state index is -0.565. The normalized spacial score (nSPS) is 20.7. The van der Waals surface area contributed by atoms with Crippen LogP contribution in [0.15, 0.2) is 61.2 Å². The summed E-state index contributed by atoms with van der Waals surface area (Å²) >= 11 is 0. The van der Waals surface area contributed by atoms with E-state index in [1.54, 1.807) is 0 Å². The third-order valence-corrected chi connectivity index (χ3v) is 5.33. The van der Waals surface area contributed by atoms with Gasteiger partial charge in [0.15, 0.2) is 6.29 Å². The molecular weight excluding hydrogens is 406 g/mol. The van der Waals surface area contributed by atoms with Gasteiger partial charge in [-0.05, 0) is 37.2 Å². The summed E-state index contributed by atoms with van der Waals surface area (Å²) < 4.78 is 12.7. The van der Waals surface area contributed by atoms with Gasteiger partial charge >= 0.3 is 6.03 Å². The molecule has 1 unspecified atom stereocenters. The molecular formula is C25H33N3O4. The van der Waals surface area contributed by atoms with Crippen molar-refractivity contribution in [1.82, 2.24) is 10.2 Å². The van der Waals surface area contributed by atoms with E-state index in [1.807, 2.05) is 68.6 Å². The van der Waals surface area contributed by atoms with Crippen molar-refractivity contribution in [2.24, 2.45) is 0 Å². The van der Waals surface area contributed by atoms with Crippen molar-refractivity contribution < 1.29 is 19.4 Å². The van der Waals surface area contributed by atoms with Crippen LogP contribution in [0.25, 0.3) is 0 Å². The monoisotopic (exact) mass is 439 g/mol. The van der Waals surface area contributed by atoms with E-state index < -0.39 is 6.29 Å². The maximum atomic E-state index is 11.9. The van der Waals surface area contributed by atoms with Crippen molar-refractivity contribution in [1.29, 1.82) is 0 Å². The number of hydrogen-bond donors (Lipinski definition) is 3. The SMILES string of the molecule is C=CCN(C)C[C@@H]1C[C@H](c2ccc(CO)cc2)OC(c2cccc(NC(=O)NCC)c2)O1. The number of aliphatic hydroxyl groups is 1. The molecule has 3 rings (SSSR count). The largest absolute Gasteiger partial charge is 0.392 e. The number of hydrogen-bond acceptors (Lipinski definition) is 5. The maximum absolute atomic E-state index is 11.9. The Morgan fingerprint density at radius 3 is 2.69 bits per heavy atom. The van der Waals surface area contributed by atoms with Gasteiger partial charge in [0.1, 0.15) is 0 Å². The number of nitrogens with one attached hydrogen (secondary N) is 2. The Balaban J connectivity index is 1.81. The second-order valence-corrected chi connectivity index (χ2v) is 7.97. The van der Waals surface area contributed by atoms with Crippen LogP contribution in [-0.2, 0) is 16.1 Å². The smallest absolute Gasteiger partial charge is 0.319 e. The molecule has 0 aliphatic carbocycles. The number of anilines is 1. The lowest BCUT2D eigenvalue weighted by Crippen LogP contribution is -2.37. The molecule has 7 nitrogen and oxygen atoms in total. The molecule has 0 bridgehead atoms. The highest BCUT2D eigenvalue weighted by Crippen LogP contribution is 2.38. The predicted molar refractivity (Wildman–Crippen MR) is 125 cm³/mol. The molecule has 0 radical (unpaired) electrons. The van der Waals surface area contributed by atoms with Crippen molar-refractivity contribution in [3.8, 4) is 0 Å². The van der Waals surface area contributed by atoms with Gasteiger partial charge in [-0.1, -0.05) is 42.5 Å². The molecule has 1 aliphatic heterocycles. The summed E-state index contributed by atoms with van der Waals surface area (Å²) in [5.74, 6) is 0. The molecule has 2 amide bonds. The number of nitrogens with zero attached hydrogens (tertiary/aromatic N) is 1. The van der Waals surface area contributed by atoms with E-state index in [2.05, 4.69) is 22.1 Å². The maximum Gasteiger partial charge on any atom is 0.319 e. The summed E-state index contributed by atoms with van der Waals surface area (Å²) in [6.07, 6.45) is 1.83. The van der Waals surface area contributed by atoms with Crippen LogP contribution in [0.2, 0.25) is 0 Å². The fraction of sp³-hybridized carbons (Fsp3) is 0.400. The molecule has 32 heavy (non-hydrogen) atoms. The summed E-state index contributed by atoms with van der Waals surface area (Å²) in [7, 11) is 2.04. The zero-order valence-electron chi connectivity index (χ0n) is 18.8. The van der Waals surface area contributed by atoms with Gasteiger partial charge in [-0.25, -0.2) is 4.79 Å². The number of amides is 2. The van der Waals surface area contributed by atoms with Gasteiger partial charge in [-0.2, -0.15) is 0 Å². The Labute approximate surface area is 190 Å². The minimum absolute atomic E-state index is 0.0118. The third kappa shape index (κ3) is 6.64. The van der Waals surface area contributed by atoms with Crippen molar-refractivity contribution in [3.63, 3.8) is 0 Å². The molecule has 1 saturated heterocycles. The fourth-order valence-electron chi connectivity index (χ4n) is 3.77. The zero-order valence-corrected chi connectivity index (χ0v) is 18.8. The Bertz CT molecular complexity index is 887. The van der Waals surface area contributed by atoms with Gasteiger partial charge in [0.25, 0.3) is 0 Å². The first-order chi connectivity index (χ1) is 15.5. The van der Waals surface area contributed by atoms with Gasteiger partial charge in [0, 0.05) is 37.3 Å². The number of aliphatic hydroxyl groups excluding tert-OH is 1. The van der Waals surface area contributed by atoms with Gasteiger partial charge in [-0.15, -0.1) is 6.58 Å². The Morgan fingerprint density at radius 1 is 1.22 bits per heavy atom. The van der Waals surface area contributed by atoms with E-state index in [1.165, 1.54) is 0 Å². The zero-order chi connectivity index (χ0) is 22.9. The van der Waals surface area contributed by atoms with Crippen LogP contribution in [0.3, 0.4) is 0 Å². The minimum Gasteiger partial charge on any atom is -0.392 e. The first-order valence-electron chi connectivity index (χ1n) is 11.0. The molecule has 7 heteroatoms. The molecule has 3 N–H and O–H groups in total. The number of rotatable bonds is 9. The highest BCUT2D eigenvalue weighted by atomic mass is 16.7. The highest BCUT2D eigenvalue weighted by Gasteiger charge is 2.32. The molecule has 172 valence electrons. The number of benzene rings is 2. The van der Waals surface area contributed by atoms with Crippen LogP contribution in [0.4, 0.5) is 10.5 Å². The third-order valence-electron chi connectivity index (χ3n) is 5.33. The molecule has 1 fully saturated rings. The molecule has 2 aromatic rings. The number of likely N-dealkylation sites (N-methyl/N-ethyl adjacent to an activating group) is 1. The Hall–Kier alpha value is -2.71. The van der Waals surface area contributed by atoms with E-state index >= 15 is 0 Å². The van der Waals surface area contributed by atoms with Gasteiger partial charge in [0.05, 0.1) is 18.8 Å². The summed E-state index contributed by atoms with van der Waals surface area (Å²) in [6, 6.07) is 15.1. The standard InChI is InChI=1S/C25H33N3O4/c1-4-13-28(3)16-22-15-23(19-11-9-18(17-29)10-12-19)32-24(31-22)20-7-6-8-21(14-20)27-25(30)26-5-2/h4,6-12,14,22-24,29H,1,5,13,15-17H2,2-3H3,(H2,26,27,30)/t22-,23+,24?/m0/s1. The molecule has 0 aromatic heterocycles. The van der Waals surface area contributed by atoms with Crippen LogP contribution < -0.4 is 10.6 Å². The van der Waals surface area contributed by atoms with E-state index in [0.29, 0.717) is 18.7 Å². The second-order valence-electron chi connectivity index (χ2n) is 7.97. The van der Waals surface area contributed by atoms with Crippen LogP contribution in [0.1, 0.15) is 42.4 Å². The average molecular weight is 440 g/mol. The van der Waals surface area contributed by atoms with Crippen LogP contribution in [-0.4, -0.2) is 48.8 Å². The van der Waals surface area contributed by atoms with Crippen LogP contribution in [0.5, 0.6) is 0 Å². The highest BCUT2D eigenvalue weighted by molar-refractivity contribution is 5.89. The summed E-state index contributed by atoms with van der Waals surface area (Å²) in [5.41, 5.74) is 3.43. The van der Waals surface area contributed by atoms with E-state index in [0.717, 1.165) is 29.8 Å². The summed E-state index contributed by atoms with van der Waals surface area (Å²) in [6.45, 7) is 7.77. The summed E-state index contributed by atoms with van der Waals surface area (Å²) in [4.78, 5) is 14.1. The summed E-state index contributed by atoms with van der Waals surface area (Å²) in [5, 5.41) is 14.9. The second kappa shape index (κ2) is 11.8. The lowest BCUT2D eigenvalue weighted by molar-refractivity contribution is -0.252.